The smallest absolute Gasteiger partial charge is 0.316 e. The average Bonchev–Trinajstić information content (AvgIpc) is 2.81. The van der Waals surface area contributed by atoms with E-state index in [2.05, 4.69) is 23.8 Å². The van der Waals surface area contributed by atoms with Crippen molar-refractivity contribution in [2.75, 3.05) is 6.61 Å². The molecule has 0 aliphatic rings. The zero-order valence-corrected chi connectivity index (χ0v) is 12.6. The highest BCUT2D eigenvalue weighted by Crippen LogP contribution is 2.26. The first-order chi connectivity index (χ1) is 9.52. The summed E-state index contributed by atoms with van der Waals surface area (Å²) >= 11 is 0. The third-order valence-corrected chi connectivity index (χ3v) is 3.34. The molecule has 0 amide bonds. The number of esters is 1. The van der Waals surface area contributed by atoms with Gasteiger partial charge in [0.25, 0.3) is 0 Å². The van der Waals surface area contributed by atoms with Gasteiger partial charge >= 0.3 is 5.97 Å². The standard InChI is InChI=1S/C16H22N2O2/c1-5-20-16(19)12(9-10(2)3)15-17-13-8-6-7-11(4)14(13)18-15/h6-8,10,12H,5,9H2,1-4H3,(H,17,18). The molecule has 2 aromatic rings. The maximum atomic E-state index is 12.2. The van der Waals surface area contributed by atoms with E-state index in [9.17, 15) is 4.79 Å². The van der Waals surface area contributed by atoms with E-state index in [0.29, 0.717) is 18.3 Å². The zero-order chi connectivity index (χ0) is 14.7. The number of rotatable bonds is 5. The van der Waals surface area contributed by atoms with E-state index in [1.54, 1.807) is 0 Å². The van der Waals surface area contributed by atoms with Gasteiger partial charge in [-0.1, -0.05) is 26.0 Å². The van der Waals surface area contributed by atoms with Crippen LogP contribution in [0.25, 0.3) is 11.0 Å². The number of benzene rings is 1. The molecule has 4 nitrogen and oxygen atoms in total. The lowest BCUT2D eigenvalue weighted by Crippen LogP contribution is -2.19. The fourth-order valence-corrected chi connectivity index (χ4v) is 2.39. The Labute approximate surface area is 119 Å². The summed E-state index contributed by atoms with van der Waals surface area (Å²) in [6.45, 7) is 8.44. The molecule has 20 heavy (non-hydrogen) atoms. The van der Waals surface area contributed by atoms with Gasteiger partial charge in [-0.15, -0.1) is 0 Å². The number of aromatic nitrogens is 2. The highest BCUT2D eigenvalue weighted by Gasteiger charge is 2.26. The average molecular weight is 274 g/mol. The summed E-state index contributed by atoms with van der Waals surface area (Å²) in [5, 5.41) is 0. The monoisotopic (exact) mass is 274 g/mol. The molecule has 0 aliphatic heterocycles. The van der Waals surface area contributed by atoms with Crippen LogP contribution in [0.5, 0.6) is 0 Å². The van der Waals surface area contributed by atoms with E-state index >= 15 is 0 Å². The molecule has 0 saturated heterocycles. The van der Waals surface area contributed by atoms with Gasteiger partial charge in [0.15, 0.2) is 0 Å². The molecule has 1 unspecified atom stereocenters. The van der Waals surface area contributed by atoms with Crippen LogP contribution in [-0.4, -0.2) is 22.5 Å². The minimum absolute atomic E-state index is 0.196. The number of nitrogens with one attached hydrogen (secondary N) is 1. The van der Waals surface area contributed by atoms with Crippen molar-refractivity contribution in [1.82, 2.24) is 9.97 Å². The van der Waals surface area contributed by atoms with Crippen molar-refractivity contribution < 1.29 is 9.53 Å². The first-order valence-electron chi connectivity index (χ1n) is 7.14. The molecule has 4 heteroatoms. The lowest BCUT2D eigenvalue weighted by Gasteiger charge is -2.15. The lowest BCUT2D eigenvalue weighted by molar-refractivity contribution is -0.145. The largest absolute Gasteiger partial charge is 0.465 e. The Bertz CT molecular complexity index is 602. The predicted octanol–water partition coefficient (Wildman–Crippen LogP) is 3.56. The Morgan fingerprint density at radius 1 is 1.40 bits per heavy atom. The van der Waals surface area contributed by atoms with Gasteiger partial charge in [0.2, 0.25) is 0 Å². The normalized spacial score (nSPS) is 12.8. The van der Waals surface area contributed by atoms with Crippen LogP contribution in [0.4, 0.5) is 0 Å². The highest BCUT2D eigenvalue weighted by atomic mass is 16.5. The van der Waals surface area contributed by atoms with Crippen LogP contribution in [-0.2, 0) is 9.53 Å². The van der Waals surface area contributed by atoms with Crippen LogP contribution in [0.2, 0.25) is 0 Å². The first kappa shape index (κ1) is 14.6. The van der Waals surface area contributed by atoms with E-state index in [1.165, 1.54) is 0 Å². The Morgan fingerprint density at radius 2 is 2.15 bits per heavy atom. The van der Waals surface area contributed by atoms with Gasteiger partial charge in [-0.05, 0) is 37.8 Å². The van der Waals surface area contributed by atoms with Gasteiger partial charge in [-0.3, -0.25) is 4.79 Å². The Morgan fingerprint density at radius 3 is 2.75 bits per heavy atom. The second kappa shape index (κ2) is 6.07. The van der Waals surface area contributed by atoms with Crippen LogP contribution in [0.3, 0.4) is 0 Å². The fraction of sp³-hybridized carbons (Fsp3) is 0.500. The maximum Gasteiger partial charge on any atom is 0.316 e. The number of aromatic amines is 1. The Kier molecular flexibility index (Phi) is 4.42. The van der Waals surface area contributed by atoms with E-state index in [4.69, 9.17) is 4.74 Å². The number of carbonyl (C=O) groups is 1. The summed E-state index contributed by atoms with van der Waals surface area (Å²) in [6, 6.07) is 5.99. The molecule has 2 rings (SSSR count). The molecule has 1 N–H and O–H groups in total. The van der Waals surface area contributed by atoms with Crippen LogP contribution < -0.4 is 0 Å². The van der Waals surface area contributed by atoms with Crippen molar-refractivity contribution in [3.05, 3.63) is 29.6 Å². The Hall–Kier alpha value is -1.84. The number of hydrogen-bond acceptors (Lipinski definition) is 3. The van der Waals surface area contributed by atoms with Gasteiger partial charge in [0.05, 0.1) is 17.6 Å². The second-order valence-electron chi connectivity index (χ2n) is 5.53. The summed E-state index contributed by atoms with van der Waals surface area (Å²) in [4.78, 5) is 20.0. The van der Waals surface area contributed by atoms with Crippen LogP contribution in [0.15, 0.2) is 18.2 Å². The van der Waals surface area contributed by atoms with Crippen LogP contribution in [0.1, 0.15) is 44.5 Å². The van der Waals surface area contributed by atoms with Crippen molar-refractivity contribution in [3.8, 4) is 0 Å². The van der Waals surface area contributed by atoms with Gasteiger partial charge < -0.3 is 9.72 Å². The summed E-state index contributed by atoms with van der Waals surface area (Å²) < 4.78 is 5.19. The molecule has 108 valence electrons. The molecule has 1 aromatic carbocycles. The molecule has 0 aliphatic carbocycles. The van der Waals surface area contributed by atoms with Crippen LogP contribution >= 0.6 is 0 Å². The molecule has 1 heterocycles. The van der Waals surface area contributed by atoms with E-state index in [1.807, 2.05) is 32.0 Å². The number of hydrogen-bond donors (Lipinski definition) is 1. The summed E-state index contributed by atoms with van der Waals surface area (Å²) in [7, 11) is 0. The number of aryl methyl sites for hydroxylation is 1. The highest BCUT2D eigenvalue weighted by molar-refractivity contribution is 5.82. The van der Waals surface area contributed by atoms with Crippen molar-refractivity contribution in [3.63, 3.8) is 0 Å². The molecule has 0 saturated carbocycles. The first-order valence-corrected chi connectivity index (χ1v) is 7.14. The van der Waals surface area contributed by atoms with Gasteiger partial charge in [-0.25, -0.2) is 4.98 Å². The van der Waals surface area contributed by atoms with E-state index in [-0.39, 0.29) is 11.9 Å². The fourth-order valence-electron chi connectivity index (χ4n) is 2.39. The maximum absolute atomic E-state index is 12.2. The topological polar surface area (TPSA) is 55.0 Å². The number of H-pyrrole nitrogens is 1. The van der Waals surface area contributed by atoms with E-state index in [0.717, 1.165) is 23.0 Å². The lowest BCUT2D eigenvalue weighted by atomic mass is 9.96. The molecule has 1 aromatic heterocycles. The third kappa shape index (κ3) is 3.00. The number of ether oxygens (including phenoxy) is 1. The number of fused-ring (bicyclic) bond motifs is 1. The minimum Gasteiger partial charge on any atom is -0.465 e. The van der Waals surface area contributed by atoms with Crippen molar-refractivity contribution in [1.29, 1.82) is 0 Å². The molecule has 0 radical (unpaired) electrons. The molecular weight excluding hydrogens is 252 g/mol. The SMILES string of the molecule is CCOC(=O)C(CC(C)C)c1nc2c(C)cccc2[nH]1. The molecule has 0 spiro atoms. The molecular formula is C16H22N2O2. The Balaban J connectivity index is 2.39. The van der Waals surface area contributed by atoms with Crippen molar-refractivity contribution in [2.24, 2.45) is 5.92 Å². The zero-order valence-electron chi connectivity index (χ0n) is 12.6. The number of carbonyl (C=O) groups excluding carboxylic acids is 1. The van der Waals surface area contributed by atoms with Crippen molar-refractivity contribution >= 4 is 17.0 Å². The summed E-state index contributed by atoms with van der Waals surface area (Å²) in [5.74, 6) is 0.597. The molecule has 0 fully saturated rings. The summed E-state index contributed by atoms with van der Waals surface area (Å²) in [5.41, 5.74) is 3.01. The van der Waals surface area contributed by atoms with Gasteiger partial charge in [-0.2, -0.15) is 0 Å². The predicted molar refractivity (Wildman–Crippen MR) is 79.7 cm³/mol. The molecule has 1 atom stereocenters. The number of nitrogens with zero attached hydrogens (tertiary/aromatic N) is 1. The second-order valence-corrected chi connectivity index (χ2v) is 5.53. The summed E-state index contributed by atoms with van der Waals surface area (Å²) in [6.07, 6.45) is 0.734. The molecule has 0 bridgehead atoms. The van der Waals surface area contributed by atoms with Crippen molar-refractivity contribution in [2.45, 2.75) is 40.0 Å². The minimum atomic E-state index is -0.318. The van der Waals surface area contributed by atoms with E-state index < -0.39 is 0 Å². The van der Waals surface area contributed by atoms with Gasteiger partial charge in [0.1, 0.15) is 11.7 Å². The quantitative estimate of drug-likeness (QED) is 0.848. The number of imidazole rings is 1. The van der Waals surface area contributed by atoms with Gasteiger partial charge in [0, 0.05) is 0 Å². The van der Waals surface area contributed by atoms with Crippen LogP contribution in [0, 0.1) is 12.8 Å². The number of para-hydroxylation sites is 1. The third-order valence-electron chi connectivity index (χ3n) is 3.34.